The van der Waals surface area contributed by atoms with Gasteiger partial charge in [-0.15, -0.1) is 0 Å². The van der Waals surface area contributed by atoms with Gasteiger partial charge in [0.2, 0.25) is 0 Å². The van der Waals surface area contributed by atoms with Gasteiger partial charge in [-0.1, -0.05) is 0 Å². The van der Waals surface area contributed by atoms with Crippen molar-refractivity contribution >= 4 is 12.0 Å². The lowest BCUT2D eigenvalue weighted by molar-refractivity contribution is -0.137. The predicted molar refractivity (Wildman–Crippen MR) is 79.2 cm³/mol. The molecule has 0 radical (unpaired) electrons. The predicted octanol–water partition coefficient (Wildman–Crippen LogP) is 0.336. The lowest BCUT2D eigenvalue weighted by atomic mass is 10.1. The summed E-state index contributed by atoms with van der Waals surface area (Å²) in [5.74, 6) is -0.817. The molecule has 3 N–H and O–H groups in total. The van der Waals surface area contributed by atoms with E-state index in [1.165, 1.54) is 0 Å². The van der Waals surface area contributed by atoms with Crippen LogP contribution in [0.25, 0.3) is 0 Å². The first kappa shape index (κ1) is 17.7. The van der Waals surface area contributed by atoms with E-state index in [2.05, 4.69) is 5.32 Å². The summed E-state index contributed by atoms with van der Waals surface area (Å²) in [6.07, 6.45) is 1.42. The number of β-amino-alcohol motifs (C(OH)–C–C–N with tert-alkyl or cyclic N) is 1. The van der Waals surface area contributed by atoms with Crippen molar-refractivity contribution in [1.29, 1.82) is 0 Å². The number of amides is 2. The zero-order valence-electron chi connectivity index (χ0n) is 13.1. The maximum Gasteiger partial charge on any atom is 0.317 e. The van der Waals surface area contributed by atoms with Gasteiger partial charge in [-0.3, -0.25) is 4.79 Å². The van der Waals surface area contributed by atoms with Gasteiger partial charge in [-0.05, 0) is 40.3 Å². The van der Waals surface area contributed by atoms with Crippen LogP contribution < -0.4 is 5.32 Å². The molecule has 1 fully saturated rings. The molecule has 0 aromatic heterocycles. The van der Waals surface area contributed by atoms with Crippen LogP contribution >= 0.6 is 0 Å². The fourth-order valence-electron chi connectivity index (χ4n) is 2.66. The van der Waals surface area contributed by atoms with E-state index in [1.807, 2.05) is 25.9 Å². The Morgan fingerprint density at radius 3 is 2.67 bits per heavy atom. The van der Waals surface area contributed by atoms with Crippen LogP contribution in [0.3, 0.4) is 0 Å². The van der Waals surface area contributed by atoms with Gasteiger partial charge in [0, 0.05) is 31.6 Å². The third-order valence-electron chi connectivity index (χ3n) is 3.63. The largest absolute Gasteiger partial charge is 0.481 e. The summed E-state index contributed by atoms with van der Waals surface area (Å²) in [6, 6.07) is -0.239. The second-order valence-electron chi connectivity index (χ2n) is 6.09. The maximum absolute atomic E-state index is 12.3. The minimum absolute atomic E-state index is 0.0150. The van der Waals surface area contributed by atoms with Crippen LogP contribution in [0.5, 0.6) is 0 Å². The Morgan fingerprint density at radius 1 is 1.43 bits per heavy atom. The van der Waals surface area contributed by atoms with Crippen LogP contribution in [-0.4, -0.2) is 77.4 Å². The average molecular weight is 301 g/mol. The van der Waals surface area contributed by atoms with Gasteiger partial charge in [-0.2, -0.15) is 0 Å². The van der Waals surface area contributed by atoms with Gasteiger partial charge >= 0.3 is 12.0 Å². The molecule has 1 rings (SSSR count). The summed E-state index contributed by atoms with van der Waals surface area (Å²) in [5.41, 5.74) is 0. The van der Waals surface area contributed by atoms with Crippen molar-refractivity contribution in [1.82, 2.24) is 15.1 Å². The third kappa shape index (κ3) is 6.31. The summed E-state index contributed by atoms with van der Waals surface area (Å²) in [4.78, 5) is 26.4. The Balaban J connectivity index is 2.43. The van der Waals surface area contributed by atoms with E-state index in [-0.39, 0.29) is 24.5 Å². The molecule has 0 bridgehead atoms. The number of hydrogen-bond donors (Lipinski definition) is 3. The average Bonchev–Trinajstić information content (AvgIpc) is 2.68. The molecule has 1 heterocycles. The zero-order valence-corrected chi connectivity index (χ0v) is 13.1. The molecule has 7 heteroatoms. The van der Waals surface area contributed by atoms with Gasteiger partial charge in [0.25, 0.3) is 0 Å². The SMILES string of the molecule is CC(CCCC(=O)O)NC(=O)N1CC(O)CC1CN(C)C. The van der Waals surface area contributed by atoms with Crippen molar-refractivity contribution in [3.05, 3.63) is 0 Å². The number of likely N-dealkylation sites (N-methyl/N-ethyl adjacent to an activating group) is 1. The molecule has 7 nitrogen and oxygen atoms in total. The van der Waals surface area contributed by atoms with Crippen LogP contribution in [0.2, 0.25) is 0 Å². The highest BCUT2D eigenvalue weighted by atomic mass is 16.4. The van der Waals surface area contributed by atoms with E-state index in [9.17, 15) is 14.7 Å². The summed E-state index contributed by atoms with van der Waals surface area (Å²) < 4.78 is 0. The number of carboxylic acid groups (broad SMARTS) is 1. The first-order chi connectivity index (χ1) is 9.79. The number of nitrogens with zero attached hydrogens (tertiary/aromatic N) is 2. The number of rotatable bonds is 7. The topological polar surface area (TPSA) is 93.1 Å². The van der Waals surface area contributed by atoms with Crippen LogP contribution in [-0.2, 0) is 4.79 Å². The number of aliphatic hydroxyl groups excluding tert-OH is 1. The monoisotopic (exact) mass is 301 g/mol. The number of urea groups is 1. The van der Waals surface area contributed by atoms with Crippen LogP contribution in [0.15, 0.2) is 0 Å². The Bertz CT molecular complexity index is 362. The molecule has 0 aromatic carbocycles. The molecular weight excluding hydrogens is 274 g/mol. The molecule has 0 spiro atoms. The van der Waals surface area contributed by atoms with E-state index in [0.717, 1.165) is 6.54 Å². The van der Waals surface area contributed by atoms with Gasteiger partial charge in [0.05, 0.1) is 6.10 Å². The molecule has 3 atom stereocenters. The quantitative estimate of drug-likeness (QED) is 0.630. The molecule has 122 valence electrons. The molecule has 0 aliphatic carbocycles. The molecule has 1 aliphatic heterocycles. The molecule has 2 amide bonds. The highest BCUT2D eigenvalue weighted by Crippen LogP contribution is 2.18. The minimum Gasteiger partial charge on any atom is -0.481 e. The number of likely N-dealkylation sites (tertiary alicyclic amines) is 1. The van der Waals surface area contributed by atoms with E-state index >= 15 is 0 Å². The number of nitrogens with one attached hydrogen (secondary N) is 1. The van der Waals surface area contributed by atoms with Crippen molar-refractivity contribution in [3.8, 4) is 0 Å². The number of carbonyl (C=O) groups is 2. The van der Waals surface area contributed by atoms with Crippen molar-refractivity contribution < 1.29 is 19.8 Å². The Morgan fingerprint density at radius 2 is 2.10 bits per heavy atom. The van der Waals surface area contributed by atoms with Gasteiger partial charge in [-0.25, -0.2) is 4.79 Å². The maximum atomic E-state index is 12.3. The third-order valence-corrected chi connectivity index (χ3v) is 3.63. The Hall–Kier alpha value is -1.34. The summed E-state index contributed by atoms with van der Waals surface area (Å²) in [6.45, 7) is 2.94. The number of hydrogen-bond acceptors (Lipinski definition) is 4. The minimum atomic E-state index is -0.817. The molecule has 21 heavy (non-hydrogen) atoms. The van der Waals surface area contributed by atoms with Crippen LogP contribution in [0.1, 0.15) is 32.6 Å². The van der Waals surface area contributed by atoms with Gasteiger partial charge in [0.1, 0.15) is 0 Å². The lowest BCUT2D eigenvalue weighted by Crippen LogP contribution is -2.48. The fourth-order valence-corrected chi connectivity index (χ4v) is 2.66. The van der Waals surface area contributed by atoms with Gasteiger partial charge in [0.15, 0.2) is 0 Å². The number of carbonyl (C=O) groups excluding carboxylic acids is 1. The van der Waals surface area contributed by atoms with Crippen molar-refractivity contribution in [2.45, 2.75) is 50.8 Å². The standard InChI is InChI=1S/C14H27N3O4/c1-10(5-4-6-13(19)20)15-14(21)17-9-12(18)7-11(17)8-16(2)3/h10-12,18H,4-9H2,1-3H3,(H,15,21)(H,19,20). The van der Waals surface area contributed by atoms with E-state index in [1.54, 1.807) is 4.90 Å². The molecule has 3 unspecified atom stereocenters. The molecule has 0 aromatic rings. The Labute approximate surface area is 125 Å². The Kier molecular flexibility index (Phi) is 6.91. The van der Waals surface area contributed by atoms with Crippen LogP contribution in [0.4, 0.5) is 4.79 Å². The number of carboxylic acids is 1. The normalized spacial score (nSPS) is 23.4. The zero-order chi connectivity index (χ0) is 16.0. The van der Waals surface area contributed by atoms with E-state index < -0.39 is 12.1 Å². The van der Waals surface area contributed by atoms with E-state index in [4.69, 9.17) is 5.11 Å². The first-order valence-electron chi connectivity index (χ1n) is 7.41. The lowest BCUT2D eigenvalue weighted by Gasteiger charge is -2.28. The second-order valence-corrected chi connectivity index (χ2v) is 6.09. The second kappa shape index (κ2) is 8.19. The van der Waals surface area contributed by atoms with Crippen molar-refractivity contribution in [2.75, 3.05) is 27.2 Å². The smallest absolute Gasteiger partial charge is 0.317 e. The first-order valence-corrected chi connectivity index (χ1v) is 7.41. The summed E-state index contributed by atoms with van der Waals surface area (Å²) in [7, 11) is 3.88. The summed E-state index contributed by atoms with van der Waals surface area (Å²) >= 11 is 0. The molecule has 1 saturated heterocycles. The van der Waals surface area contributed by atoms with Crippen molar-refractivity contribution in [2.24, 2.45) is 0 Å². The van der Waals surface area contributed by atoms with Gasteiger partial charge < -0.3 is 25.3 Å². The molecular formula is C14H27N3O4. The van der Waals surface area contributed by atoms with Crippen LogP contribution in [0, 0.1) is 0 Å². The highest BCUT2D eigenvalue weighted by Gasteiger charge is 2.34. The van der Waals surface area contributed by atoms with Crippen molar-refractivity contribution in [3.63, 3.8) is 0 Å². The molecule has 1 aliphatic rings. The fraction of sp³-hybridized carbons (Fsp3) is 0.857. The molecule has 0 saturated carbocycles. The number of aliphatic carboxylic acids is 1. The number of aliphatic hydroxyl groups is 1. The van der Waals surface area contributed by atoms with E-state index in [0.29, 0.717) is 25.8 Å². The highest BCUT2D eigenvalue weighted by molar-refractivity contribution is 5.75. The summed E-state index contributed by atoms with van der Waals surface area (Å²) in [5, 5.41) is 21.2.